The number of benzene rings is 1. The molecule has 0 saturated heterocycles. The number of phenolic OH excluding ortho intramolecular Hbond substituents is 1. The van der Waals surface area contributed by atoms with E-state index in [1.807, 2.05) is 12.1 Å². The van der Waals surface area contributed by atoms with Crippen molar-refractivity contribution >= 4 is 10.8 Å². The Morgan fingerprint density at radius 2 is 2.25 bits per heavy atom. The summed E-state index contributed by atoms with van der Waals surface area (Å²) in [6.45, 7) is 2.90. The van der Waals surface area contributed by atoms with Crippen LogP contribution in [-0.4, -0.2) is 27.9 Å². The smallest absolute Gasteiger partial charge is 0.115 e. The van der Waals surface area contributed by atoms with Gasteiger partial charge in [-0.15, -0.1) is 0 Å². The third-order valence-corrected chi connectivity index (χ3v) is 3.29. The number of aromatic hydroxyl groups is 1. The topological polar surface area (TPSA) is 49.3 Å². The van der Waals surface area contributed by atoms with Gasteiger partial charge in [-0.25, -0.2) is 0 Å². The Labute approximate surface area is 99.3 Å². The Kier molecular flexibility index (Phi) is 5.49. The van der Waals surface area contributed by atoms with Gasteiger partial charge < -0.3 is 10.4 Å². The Morgan fingerprint density at radius 3 is 2.88 bits per heavy atom. The molecule has 0 aromatic heterocycles. The lowest BCUT2D eigenvalue weighted by atomic mass is 10.1. The molecule has 2 atom stereocenters. The molecule has 2 N–H and O–H groups in total. The molecule has 0 aliphatic carbocycles. The lowest BCUT2D eigenvalue weighted by Gasteiger charge is -2.14. The van der Waals surface area contributed by atoms with Crippen molar-refractivity contribution in [1.29, 1.82) is 0 Å². The first-order valence-electron chi connectivity index (χ1n) is 5.42. The fourth-order valence-corrected chi connectivity index (χ4v) is 2.06. The Morgan fingerprint density at radius 1 is 1.50 bits per heavy atom. The lowest BCUT2D eigenvalue weighted by molar-refractivity contribution is 0.472. The van der Waals surface area contributed by atoms with Gasteiger partial charge in [-0.1, -0.05) is 12.1 Å². The monoisotopic (exact) mass is 241 g/mol. The molecule has 0 fully saturated rings. The maximum Gasteiger partial charge on any atom is 0.115 e. The lowest BCUT2D eigenvalue weighted by Crippen LogP contribution is -2.21. The summed E-state index contributed by atoms with van der Waals surface area (Å²) in [6, 6.07) is 7.45. The van der Waals surface area contributed by atoms with Gasteiger partial charge in [0.25, 0.3) is 0 Å². The van der Waals surface area contributed by atoms with E-state index in [-0.39, 0.29) is 6.04 Å². The predicted octanol–water partition coefficient (Wildman–Crippen LogP) is 1.81. The van der Waals surface area contributed by atoms with Crippen LogP contribution in [0.15, 0.2) is 24.3 Å². The number of hydrogen-bond donors (Lipinski definition) is 2. The number of hydrogen-bond acceptors (Lipinski definition) is 3. The van der Waals surface area contributed by atoms with Crippen LogP contribution in [0.4, 0.5) is 0 Å². The van der Waals surface area contributed by atoms with E-state index in [4.69, 9.17) is 0 Å². The van der Waals surface area contributed by atoms with E-state index in [1.165, 1.54) is 0 Å². The van der Waals surface area contributed by atoms with Gasteiger partial charge in [0, 0.05) is 28.9 Å². The largest absolute Gasteiger partial charge is 0.508 e. The molecule has 0 radical (unpaired) electrons. The van der Waals surface area contributed by atoms with Crippen molar-refractivity contribution in [2.45, 2.75) is 19.4 Å². The average Bonchev–Trinajstić information content (AvgIpc) is 2.24. The highest BCUT2D eigenvalue weighted by atomic mass is 32.2. The summed E-state index contributed by atoms with van der Waals surface area (Å²) < 4.78 is 10.9. The van der Waals surface area contributed by atoms with Crippen LogP contribution in [0.25, 0.3) is 0 Å². The van der Waals surface area contributed by atoms with E-state index < -0.39 is 10.8 Å². The van der Waals surface area contributed by atoms with Gasteiger partial charge in [0.1, 0.15) is 5.75 Å². The van der Waals surface area contributed by atoms with Crippen molar-refractivity contribution in [2.24, 2.45) is 0 Å². The first-order valence-corrected chi connectivity index (χ1v) is 7.14. The number of phenols is 1. The third-order valence-electron chi connectivity index (χ3n) is 2.43. The molecule has 0 bridgehead atoms. The van der Waals surface area contributed by atoms with Crippen molar-refractivity contribution in [3.05, 3.63) is 29.8 Å². The van der Waals surface area contributed by atoms with Crippen LogP contribution in [0.3, 0.4) is 0 Å². The van der Waals surface area contributed by atoms with Crippen molar-refractivity contribution < 1.29 is 9.32 Å². The second-order valence-electron chi connectivity index (χ2n) is 3.90. The van der Waals surface area contributed by atoms with Gasteiger partial charge in [-0.2, -0.15) is 0 Å². The molecule has 1 aromatic rings. The molecule has 3 nitrogen and oxygen atoms in total. The molecule has 16 heavy (non-hydrogen) atoms. The minimum Gasteiger partial charge on any atom is -0.508 e. The van der Waals surface area contributed by atoms with Crippen molar-refractivity contribution in [3.8, 4) is 5.75 Å². The fourth-order valence-electron chi connectivity index (χ4n) is 1.51. The molecular formula is C12H19NO2S. The summed E-state index contributed by atoms with van der Waals surface area (Å²) in [7, 11) is -0.708. The van der Waals surface area contributed by atoms with Crippen LogP contribution >= 0.6 is 0 Å². The van der Waals surface area contributed by atoms with Crippen LogP contribution in [0, 0.1) is 0 Å². The van der Waals surface area contributed by atoms with Crippen molar-refractivity contribution in [2.75, 3.05) is 18.6 Å². The maximum absolute atomic E-state index is 10.9. The zero-order chi connectivity index (χ0) is 12.0. The summed E-state index contributed by atoms with van der Waals surface area (Å²) in [5.41, 5.74) is 1.07. The van der Waals surface area contributed by atoms with E-state index >= 15 is 0 Å². The standard InChI is InChI=1S/C12H19NO2S/c1-10(13-7-4-8-16(2)15)11-5-3-6-12(14)9-11/h3,5-6,9-10,13-14H,4,7-8H2,1-2H3. The van der Waals surface area contributed by atoms with E-state index in [9.17, 15) is 9.32 Å². The zero-order valence-corrected chi connectivity index (χ0v) is 10.6. The Bertz CT molecular complexity index is 355. The van der Waals surface area contributed by atoms with E-state index in [0.29, 0.717) is 5.75 Å². The average molecular weight is 241 g/mol. The third kappa shape index (κ3) is 4.77. The first-order chi connectivity index (χ1) is 7.59. The first kappa shape index (κ1) is 13.2. The molecule has 1 rings (SSSR count). The molecule has 0 saturated carbocycles. The highest BCUT2D eigenvalue weighted by Crippen LogP contribution is 2.17. The normalized spacial score (nSPS) is 14.6. The van der Waals surface area contributed by atoms with Gasteiger partial charge in [-0.3, -0.25) is 4.21 Å². The van der Waals surface area contributed by atoms with Gasteiger partial charge in [-0.05, 0) is 37.6 Å². The van der Waals surface area contributed by atoms with E-state index in [1.54, 1.807) is 18.4 Å². The number of rotatable bonds is 6. The van der Waals surface area contributed by atoms with E-state index in [2.05, 4.69) is 12.2 Å². The Balaban J connectivity index is 2.35. The van der Waals surface area contributed by atoms with Crippen LogP contribution in [0.5, 0.6) is 5.75 Å². The Hall–Kier alpha value is -0.870. The van der Waals surface area contributed by atoms with Crippen molar-refractivity contribution in [3.63, 3.8) is 0 Å². The van der Waals surface area contributed by atoms with Crippen LogP contribution < -0.4 is 5.32 Å². The minimum absolute atomic E-state index is 0.206. The SMILES string of the molecule is CC(NCCCS(C)=O)c1cccc(O)c1. The molecule has 0 heterocycles. The second-order valence-corrected chi connectivity index (χ2v) is 5.46. The highest BCUT2D eigenvalue weighted by Gasteiger charge is 2.04. The summed E-state index contributed by atoms with van der Waals surface area (Å²) in [4.78, 5) is 0. The van der Waals surface area contributed by atoms with Gasteiger partial charge >= 0.3 is 0 Å². The van der Waals surface area contributed by atoms with Gasteiger partial charge in [0.2, 0.25) is 0 Å². The summed E-state index contributed by atoms with van der Waals surface area (Å²) in [5.74, 6) is 1.03. The highest BCUT2D eigenvalue weighted by molar-refractivity contribution is 7.84. The predicted molar refractivity (Wildman–Crippen MR) is 68.1 cm³/mol. The molecule has 0 aliphatic heterocycles. The van der Waals surface area contributed by atoms with Crippen LogP contribution in [-0.2, 0) is 10.8 Å². The van der Waals surface area contributed by atoms with E-state index in [0.717, 1.165) is 24.3 Å². The molecule has 0 aliphatic rings. The minimum atomic E-state index is -0.708. The quantitative estimate of drug-likeness (QED) is 0.747. The van der Waals surface area contributed by atoms with Crippen LogP contribution in [0.2, 0.25) is 0 Å². The molecule has 2 unspecified atom stereocenters. The van der Waals surface area contributed by atoms with Gasteiger partial charge in [0.15, 0.2) is 0 Å². The summed E-state index contributed by atoms with van der Waals surface area (Å²) in [5, 5.41) is 12.7. The van der Waals surface area contributed by atoms with Crippen LogP contribution in [0.1, 0.15) is 24.9 Å². The number of nitrogens with one attached hydrogen (secondary N) is 1. The molecule has 4 heteroatoms. The molecular weight excluding hydrogens is 222 g/mol. The molecule has 0 amide bonds. The summed E-state index contributed by atoms with van der Waals surface area (Å²) in [6.07, 6.45) is 2.63. The fraction of sp³-hybridized carbons (Fsp3) is 0.500. The summed E-state index contributed by atoms with van der Waals surface area (Å²) >= 11 is 0. The molecule has 90 valence electrons. The second kappa shape index (κ2) is 6.66. The molecule has 0 spiro atoms. The van der Waals surface area contributed by atoms with Gasteiger partial charge in [0.05, 0.1) is 0 Å². The maximum atomic E-state index is 10.9. The zero-order valence-electron chi connectivity index (χ0n) is 9.77. The molecule has 1 aromatic carbocycles. The van der Waals surface area contributed by atoms with Crippen molar-refractivity contribution in [1.82, 2.24) is 5.32 Å².